The maximum atomic E-state index is 13.9. The van der Waals surface area contributed by atoms with E-state index in [4.69, 9.17) is 15.4 Å². The lowest BCUT2D eigenvalue weighted by Gasteiger charge is -2.36. The monoisotopic (exact) mass is 808 g/mol. The lowest BCUT2D eigenvalue weighted by molar-refractivity contribution is -0.979. The van der Waals surface area contributed by atoms with Gasteiger partial charge in [-0.2, -0.15) is 0 Å². The molecule has 10 nitrogen and oxygen atoms in total. The predicted octanol–water partition coefficient (Wildman–Crippen LogP) is 8.01. The Morgan fingerprint density at radius 3 is 1.85 bits per heavy atom. The number of carbonyl (C=O) groups is 1. The Hall–Kier alpha value is -6.75. The van der Waals surface area contributed by atoms with Crippen molar-refractivity contribution in [2.45, 2.75) is 57.0 Å². The van der Waals surface area contributed by atoms with Crippen molar-refractivity contribution in [2.75, 3.05) is 20.1 Å². The number of rotatable bonds is 17. The highest BCUT2D eigenvalue weighted by Gasteiger charge is 2.42. The molecule has 1 amide bonds. The first-order chi connectivity index (χ1) is 30.0. The van der Waals surface area contributed by atoms with Crippen molar-refractivity contribution in [2.24, 2.45) is 5.10 Å². The average Bonchev–Trinajstić information content (AvgIpc) is 3.92. The van der Waals surface area contributed by atoms with E-state index >= 15 is 0 Å². The van der Waals surface area contributed by atoms with Gasteiger partial charge in [-0.1, -0.05) is 183 Å². The topological polar surface area (TPSA) is 107 Å². The van der Waals surface area contributed by atoms with Crippen LogP contribution < -0.4 is 5.17 Å². The Morgan fingerprint density at radius 1 is 0.705 bits per heavy atom. The summed E-state index contributed by atoms with van der Waals surface area (Å²) in [6, 6.07) is 57.5. The van der Waals surface area contributed by atoms with Crippen molar-refractivity contribution in [3.05, 3.63) is 203 Å². The molecule has 0 radical (unpaired) electrons. The van der Waals surface area contributed by atoms with E-state index in [9.17, 15) is 10.0 Å². The zero-order valence-corrected chi connectivity index (χ0v) is 34.8. The second-order valence-corrected chi connectivity index (χ2v) is 15.7. The smallest absolute Gasteiger partial charge is 0.226 e. The number of unbranched alkanes of at least 4 members (excludes halogenated alkanes) is 1. The second-order valence-electron chi connectivity index (χ2n) is 15.7. The molecule has 7 aromatic rings. The third-order valence-corrected chi connectivity index (χ3v) is 11.7. The van der Waals surface area contributed by atoms with Crippen LogP contribution in [0.3, 0.4) is 0 Å². The van der Waals surface area contributed by atoms with Crippen LogP contribution in [0, 0.1) is 5.21 Å². The average molecular weight is 809 g/mol. The minimum Gasteiger partial charge on any atom is -0.606 e. The molecule has 2 atom stereocenters. The van der Waals surface area contributed by atoms with Crippen LogP contribution in [0.5, 0.6) is 0 Å². The molecular formula is C51H52N8O2. The first kappa shape index (κ1) is 41.0. The number of nitrogens with one attached hydrogen (secondary N) is 1. The number of benzene rings is 6. The molecule has 0 saturated heterocycles. The van der Waals surface area contributed by atoms with Crippen molar-refractivity contribution in [1.29, 1.82) is 0 Å². The number of hydrogen-bond acceptors (Lipinski definition) is 7. The number of hydroxylamine groups is 1. The Morgan fingerprint density at radius 2 is 1.26 bits per heavy atom. The lowest BCUT2D eigenvalue weighted by atomic mass is 9.77. The molecule has 1 aliphatic rings. The molecule has 61 heavy (non-hydrogen) atoms. The van der Waals surface area contributed by atoms with Gasteiger partial charge in [0.1, 0.15) is 11.3 Å². The quantitative estimate of drug-likeness (QED) is 0.0739. The molecule has 1 aromatic heterocycles. The SMILES string of the molecule is CCCCC1=NN(CCCN(C)C(=O)Cc2ccccc2)[NH+]([O-])C1Cc1ccc(-c2ccccc2-c2nnnn2C(c2ccccc2)(c2ccccc2)c2ccccc2)cc1. The first-order valence-corrected chi connectivity index (χ1v) is 21.3. The van der Waals surface area contributed by atoms with Gasteiger partial charge in [-0.3, -0.25) is 4.79 Å². The summed E-state index contributed by atoms with van der Waals surface area (Å²) in [7, 11) is 1.83. The number of nitrogens with zero attached hydrogens (tertiary/aromatic N) is 7. The standard InChI is InChI=1S/C51H52N8O2/c1-3-4-30-47-48(59(61)57(53-47)36-19-35-56(2)49(60)38-39-20-9-5-10-21-39)37-40-31-33-41(34-32-40)45-28-17-18-29-46(45)50-52-54-55-58(50)51(42-22-11-6-12-23-42,43-24-13-7-14-25-43)44-26-15-8-16-27-44/h5-18,20-29,31-34,48,59H,3-4,19,30,35-38H2,1-2H3. The van der Waals surface area contributed by atoms with E-state index in [1.54, 1.807) is 10.0 Å². The van der Waals surface area contributed by atoms with E-state index in [-0.39, 0.29) is 17.1 Å². The van der Waals surface area contributed by atoms with Crippen molar-refractivity contribution < 1.29 is 9.97 Å². The van der Waals surface area contributed by atoms with E-state index < -0.39 is 5.54 Å². The van der Waals surface area contributed by atoms with Gasteiger partial charge in [-0.05, 0) is 68.6 Å². The molecule has 1 aliphatic heterocycles. The molecule has 308 valence electrons. The van der Waals surface area contributed by atoms with Gasteiger partial charge in [0.05, 0.1) is 13.0 Å². The van der Waals surface area contributed by atoms with Gasteiger partial charge in [0, 0.05) is 25.6 Å². The summed E-state index contributed by atoms with van der Waals surface area (Å²) in [5.74, 6) is 0.699. The molecule has 0 saturated carbocycles. The van der Waals surface area contributed by atoms with Crippen LogP contribution in [0.2, 0.25) is 0 Å². The normalized spacial score (nSPS) is 15.1. The summed E-state index contributed by atoms with van der Waals surface area (Å²) in [6.07, 6.45) is 4.37. The summed E-state index contributed by atoms with van der Waals surface area (Å²) in [5.41, 5.74) is 8.14. The van der Waals surface area contributed by atoms with Crippen LogP contribution in [0.15, 0.2) is 175 Å². The summed E-state index contributed by atoms with van der Waals surface area (Å²) < 4.78 is 1.97. The fourth-order valence-electron chi connectivity index (χ4n) is 8.50. The van der Waals surface area contributed by atoms with Gasteiger partial charge < -0.3 is 10.1 Å². The first-order valence-electron chi connectivity index (χ1n) is 21.3. The summed E-state index contributed by atoms with van der Waals surface area (Å²) in [6.45, 7) is 3.19. The molecule has 0 fully saturated rings. The number of carbonyl (C=O) groups excluding carboxylic acids is 1. The molecule has 0 spiro atoms. The van der Waals surface area contributed by atoms with Crippen LogP contribution in [0.4, 0.5) is 0 Å². The number of tetrazole rings is 1. The Labute approximate surface area is 358 Å². The number of hydrazone groups is 1. The highest BCUT2D eigenvalue weighted by atomic mass is 16.6. The molecule has 6 aromatic carbocycles. The fourth-order valence-corrected chi connectivity index (χ4v) is 8.50. The van der Waals surface area contributed by atoms with Gasteiger partial charge in [0.15, 0.2) is 11.9 Å². The lowest BCUT2D eigenvalue weighted by Crippen LogP contribution is -3.16. The van der Waals surface area contributed by atoms with Crippen LogP contribution in [-0.2, 0) is 23.2 Å². The summed E-state index contributed by atoms with van der Waals surface area (Å²) in [5, 5.41) is 34.3. The van der Waals surface area contributed by atoms with Gasteiger partial charge >= 0.3 is 0 Å². The van der Waals surface area contributed by atoms with Crippen LogP contribution in [-0.4, -0.2) is 68.0 Å². The number of likely N-dealkylation sites (N-methyl/N-ethyl adjacent to an activating group) is 1. The Bertz CT molecular complexity index is 2410. The van der Waals surface area contributed by atoms with E-state index in [1.807, 2.05) is 72.4 Å². The number of amides is 1. The highest BCUT2D eigenvalue weighted by molar-refractivity contribution is 5.89. The third-order valence-electron chi connectivity index (χ3n) is 11.7. The molecule has 10 heteroatoms. The molecule has 0 bridgehead atoms. The third kappa shape index (κ3) is 8.77. The van der Waals surface area contributed by atoms with Crippen molar-refractivity contribution in [1.82, 2.24) is 30.2 Å². The number of aromatic nitrogens is 4. The largest absolute Gasteiger partial charge is 0.606 e. The van der Waals surface area contributed by atoms with E-state index in [0.29, 0.717) is 38.2 Å². The molecule has 0 aliphatic carbocycles. The molecule has 2 unspecified atom stereocenters. The van der Waals surface area contributed by atoms with E-state index in [0.717, 1.165) is 69.5 Å². The maximum absolute atomic E-state index is 13.9. The van der Waals surface area contributed by atoms with Gasteiger partial charge in [-0.25, -0.2) is 9.85 Å². The minimum absolute atomic E-state index is 0.0318. The van der Waals surface area contributed by atoms with Crippen LogP contribution in [0.25, 0.3) is 22.5 Å². The molecular weight excluding hydrogens is 757 g/mol. The van der Waals surface area contributed by atoms with Crippen LogP contribution in [0.1, 0.15) is 60.4 Å². The number of quaternary nitrogens is 1. The van der Waals surface area contributed by atoms with Gasteiger partial charge in [-0.15, -0.1) is 15.3 Å². The molecule has 8 rings (SSSR count). The zero-order chi connectivity index (χ0) is 42.0. The van der Waals surface area contributed by atoms with Crippen molar-refractivity contribution in [3.63, 3.8) is 0 Å². The summed E-state index contributed by atoms with van der Waals surface area (Å²) in [4.78, 5) is 14.6. The Balaban J connectivity index is 1.04. The minimum atomic E-state index is -0.881. The predicted molar refractivity (Wildman–Crippen MR) is 241 cm³/mol. The summed E-state index contributed by atoms with van der Waals surface area (Å²) >= 11 is 0. The maximum Gasteiger partial charge on any atom is 0.226 e. The number of hydrogen-bond donors (Lipinski definition) is 1. The second kappa shape index (κ2) is 19.1. The molecule has 2 heterocycles. The zero-order valence-electron chi connectivity index (χ0n) is 34.8. The van der Waals surface area contributed by atoms with E-state index in [2.05, 4.69) is 121 Å². The fraction of sp³-hybridized carbons (Fsp3) is 0.235. The van der Waals surface area contributed by atoms with Crippen LogP contribution >= 0.6 is 0 Å². The van der Waals surface area contributed by atoms with Gasteiger partial charge in [0.2, 0.25) is 5.91 Å². The van der Waals surface area contributed by atoms with E-state index in [1.165, 1.54) is 0 Å². The van der Waals surface area contributed by atoms with Crippen molar-refractivity contribution in [3.8, 4) is 22.5 Å². The Kier molecular flexibility index (Phi) is 12.8. The molecule has 1 N–H and O–H groups in total. The highest BCUT2D eigenvalue weighted by Crippen LogP contribution is 2.43. The van der Waals surface area contributed by atoms with Crippen molar-refractivity contribution >= 4 is 11.6 Å². The van der Waals surface area contributed by atoms with Gasteiger partial charge in [0.25, 0.3) is 0 Å².